The number of nitrogens with zero attached hydrogens (tertiary/aromatic N) is 2. The molecule has 2 aromatic heterocycles. The Morgan fingerprint density at radius 3 is 2.95 bits per heavy atom. The van der Waals surface area contributed by atoms with Crippen molar-refractivity contribution in [3.63, 3.8) is 0 Å². The van der Waals surface area contributed by atoms with E-state index in [-0.39, 0.29) is 6.04 Å². The van der Waals surface area contributed by atoms with Crippen molar-refractivity contribution in [2.75, 3.05) is 6.54 Å². The molecule has 0 aliphatic heterocycles. The molecule has 0 saturated carbocycles. The first-order chi connectivity index (χ1) is 9.69. The van der Waals surface area contributed by atoms with Gasteiger partial charge in [0.15, 0.2) is 0 Å². The summed E-state index contributed by atoms with van der Waals surface area (Å²) in [5, 5.41) is 9.21. The van der Waals surface area contributed by atoms with Crippen molar-refractivity contribution < 1.29 is 4.42 Å². The maximum Gasteiger partial charge on any atom is 0.134 e. The average Bonchev–Trinajstić information content (AvgIpc) is 3.01. The van der Waals surface area contributed by atoms with Gasteiger partial charge in [0, 0.05) is 10.4 Å². The van der Waals surface area contributed by atoms with Crippen LogP contribution in [0.15, 0.2) is 28.7 Å². The first-order valence-electron chi connectivity index (χ1n) is 6.40. The summed E-state index contributed by atoms with van der Waals surface area (Å²) in [5.74, 6) is 0.860. The molecule has 0 saturated heterocycles. The van der Waals surface area contributed by atoms with Crippen molar-refractivity contribution in [3.8, 4) is 0 Å². The summed E-state index contributed by atoms with van der Waals surface area (Å²) in [6.45, 7) is 4.86. The van der Waals surface area contributed by atoms with E-state index in [1.165, 1.54) is 11.5 Å². The minimum absolute atomic E-state index is 0.0221. The number of aryl methyl sites for hydroxylation is 1. The lowest BCUT2D eigenvalue weighted by Crippen LogP contribution is -2.21. The van der Waals surface area contributed by atoms with Gasteiger partial charge >= 0.3 is 0 Å². The number of hydrogen-bond acceptors (Lipinski definition) is 5. The molecule has 20 heavy (non-hydrogen) atoms. The van der Waals surface area contributed by atoms with Crippen LogP contribution in [0.1, 0.15) is 29.3 Å². The van der Waals surface area contributed by atoms with Gasteiger partial charge in [0.2, 0.25) is 0 Å². The third-order valence-electron chi connectivity index (χ3n) is 3.14. The zero-order valence-corrected chi connectivity index (χ0v) is 12.8. The van der Waals surface area contributed by atoms with Gasteiger partial charge in [0.05, 0.1) is 10.6 Å². The summed E-state index contributed by atoms with van der Waals surface area (Å²) in [6, 6.07) is 7.63. The lowest BCUT2D eigenvalue weighted by atomic mass is 10.1. The van der Waals surface area contributed by atoms with E-state index < -0.39 is 0 Å². The first kappa shape index (κ1) is 13.5. The fourth-order valence-corrected chi connectivity index (χ4v) is 3.12. The zero-order valence-electron chi connectivity index (χ0n) is 11.2. The van der Waals surface area contributed by atoms with Gasteiger partial charge in [0.1, 0.15) is 17.4 Å². The van der Waals surface area contributed by atoms with Crippen molar-refractivity contribution >= 4 is 34.1 Å². The highest BCUT2D eigenvalue weighted by atomic mass is 35.5. The molecule has 104 valence electrons. The van der Waals surface area contributed by atoms with Gasteiger partial charge in [-0.2, -0.15) is 0 Å². The molecular weight excluding hydrogens is 294 g/mol. The maximum absolute atomic E-state index is 6.02. The monoisotopic (exact) mass is 307 g/mol. The third-order valence-corrected chi connectivity index (χ3v) is 4.27. The largest absolute Gasteiger partial charge is 0.459 e. The van der Waals surface area contributed by atoms with Crippen LogP contribution in [0.3, 0.4) is 0 Å². The fourth-order valence-electron chi connectivity index (χ4n) is 2.21. The number of nitrogens with one attached hydrogen (secondary N) is 1. The zero-order chi connectivity index (χ0) is 14.1. The molecule has 2 heterocycles. The number of rotatable bonds is 4. The molecular formula is C14H14ClN3OS. The summed E-state index contributed by atoms with van der Waals surface area (Å²) in [5.41, 5.74) is 1.77. The second kappa shape index (κ2) is 5.52. The fraction of sp³-hybridized carbons (Fsp3) is 0.286. The van der Waals surface area contributed by atoms with Crippen molar-refractivity contribution in [2.24, 2.45) is 0 Å². The highest BCUT2D eigenvalue weighted by Crippen LogP contribution is 2.32. The molecule has 3 rings (SSSR count). The van der Waals surface area contributed by atoms with Gasteiger partial charge in [0.25, 0.3) is 0 Å². The van der Waals surface area contributed by atoms with Crippen LogP contribution in [0.25, 0.3) is 11.0 Å². The van der Waals surface area contributed by atoms with Gasteiger partial charge in [-0.1, -0.05) is 23.0 Å². The first-order valence-corrected chi connectivity index (χ1v) is 7.55. The van der Waals surface area contributed by atoms with Gasteiger partial charge in [-0.15, -0.1) is 5.10 Å². The number of aromatic nitrogens is 2. The molecule has 1 atom stereocenters. The number of hydrogen-bond donors (Lipinski definition) is 1. The smallest absolute Gasteiger partial charge is 0.134 e. The van der Waals surface area contributed by atoms with Crippen molar-refractivity contribution in [1.82, 2.24) is 14.9 Å². The Balaban J connectivity index is 2.07. The van der Waals surface area contributed by atoms with Crippen molar-refractivity contribution in [3.05, 3.63) is 45.6 Å². The predicted molar refractivity (Wildman–Crippen MR) is 81.4 cm³/mol. The number of fused-ring (bicyclic) bond motifs is 1. The highest BCUT2D eigenvalue weighted by molar-refractivity contribution is 7.05. The molecule has 1 aromatic carbocycles. The minimum atomic E-state index is -0.0221. The van der Waals surface area contributed by atoms with Crippen LogP contribution in [-0.2, 0) is 0 Å². The number of furan rings is 1. The van der Waals surface area contributed by atoms with E-state index in [2.05, 4.69) is 21.8 Å². The van der Waals surface area contributed by atoms with E-state index in [9.17, 15) is 0 Å². The van der Waals surface area contributed by atoms with Crippen molar-refractivity contribution in [2.45, 2.75) is 19.9 Å². The molecule has 0 radical (unpaired) electrons. The summed E-state index contributed by atoms with van der Waals surface area (Å²) < 4.78 is 9.95. The summed E-state index contributed by atoms with van der Waals surface area (Å²) in [4.78, 5) is 1.08. The molecule has 0 spiro atoms. The van der Waals surface area contributed by atoms with E-state index >= 15 is 0 Å². The van der Waals surface area contributed by atoms with E-state index in [1.807, 2.05) is 31.2 Å². The molecule has 4 nitrogen and oxygen atoms in total. The molecule has 0 bridgehead atoms. The Labute approximate surface area is 125 Å². The van der Waals surface area contributed by atoms with Gasteiger partial charge < -0.3 is 9.73 Å². The van der Waals surface area contributed by atoms with Crippen LogP contribution in [0.5, 0.6) is 0 Å². The molecule has 0 fully saturated rings. The van der Waals surface area contributed by atoms with Crippen molar-refractivity contribution in [1.29, 1.82) is 0 Å². The normalized spacial score (nSPS) is 12.9. The van der Waals surface area contributed by atoms with Gasteiger partial charge in [-0.3, -0.25) is 0 Å². The second-order valence-corrected chi connectivity index (χ2v) is 5.77. The third kappa shape index (κ3) is 2.44. The predicted octanol–water partition coefficient (Wildman–Crippen LogP) is 3.95. The Hall–Kier alpha value is -1.43. The number of benzene rings is 1. The van der Waals surface area contributed by atoms with E-state index in [1.54, 1.807) is 0 Å². The topological polar surface area (TPSA) is 51.0 Å². The quantitative estimate of drug-likeness (QED) is 0.793. The lowest BCUT2D eigenvalue weighted by Gasteiger charge is -2.13. The summed E-state index contributed by atoms with van der Waals surface area (Å²) in [7, 11) is 0. The van der Waals surface area contributed by atoms with E-state index in [0.717, 1.165) is 33.8 Å². The maximum atomic E-state index is 6.02. The van der Waals surface area contributed by atoms with Crippen LogP contribution >= 0.6 is 23.1 Å². The SMILES string of the molecule is CCNC(c1cc2cc(Cl)ccc2o1)c1snnc1C. The molecule has 0 aliphatic rings. The van der Waals surface area contributed by atoms with Crippen LogP contribution in [0, 0.1) is 6.92 Å². The minimum Gasteiger partial charge on any atom is -0.459 e. The molecule has 6 heteroatoms. The van der Waals surface area contributed by atoms with Crippen LogP contribution in [0.4, 0.5) is 0 Å². The Bertz CT molecular complexity index is 737. The Morgan fingerprint density at radius 1 is 1.40 bits per heavy atom. The molecule has 0 amide bonds. The Kier molecular flexibility index (Phi) is 3.74. The van der Waals surface area contributed by atoms with Crippen LogP contribution in [-0.4, -0.2) is 16.1 Å². The standard InChI is InChI=1S/C14H14ClN3OS/c1-3-16-13(14-8(2)17-18-20-14)12-7-9-6-10(15)4-5-11(9)19-12/h4-7,13,16H,3H2,1-2H3. The molecule has 1 unspecified atom stereocenters. The molecule has 3 aromatic rings. The lowest BCUT2D eigenvalue weighted by molar-refractivity contribution is 0.479. The van der Waals surface area contributed by atoms with Gasteiger partial charge in [-0.05, 0) is 49.3 Å². The molecule has 1 N–H and O–H groups in total. The summed E-state index contributed by atoms with van der Waals surface area (Å²) in [6.07, 6.45) is 0. The second-order valence-electron chi connectivity index (χ2n) is 4.54. The summed E-state index contributed by atoms with van der Waals surface area (Å²) >= 11 is 7.41. The van der Waals surface area contributed by atoms with Gasteiger partial charge in [-0.25, -0.2) is 0 Å². The van der Waals surface area contributed by atoms with E-state index in [0.29, 0.717) is 5.02 Å². The molecule has 0 aliphatic carbocycles. The Morgan fingerprint density at radius 2 is 2.25 bits per heavy atom. The average molecular weight is 308 g/mol. The highest BCUT2D eigenvalue weighted by Gasteiger charge is 2.22. The number of halogens is 1. The van der Waals surface area contributed by atoms with Crippen LogP contribution in [0.2, 0.25) is 5.02 Å². The van der Waals surface area contributed by atoms with E-state index in [4.69, 9.17) is 16.0 Å². The van der Waals surface area contributed by atoms with Crippen LogP contribution < -0.4 is 5.32 Å².